The number of nitrogens with zero attached hydrogens (tertiary/aromatic N) is 1. The molecule has 1 saturated heterocycles. The Hall–Kier alpha value is -1.68. The SMILES string of the molecule is CCCNC(=O)COC(=O)c1cc(S(=O)(=O)N2CCOCC2)ccc1Cl. The number of amides is 1. The molecule has 2 rings (SSSR count). The molecule has 1 aromatic rings. The summed E-state index contributed by atoms with van der Waals surface area (Å²) in [6.45, 7) is 3.01. The van der Waals surface area contributed by atoms with Gasteiger partial charge in [-0.3, -0.25) is 4.79 Å². The second-order valence-electron chi connectivity index (χ2n) is 5.58. The van der Waals surface area contributed by atoms with E-state index < -0.39 is 28.5 Å². The van der Waals surface area contributed by atoms with Crippen LogP contribution in [0.4, 0.5) is 0 Å². The van der Waals surface area contributed by atoms with E-state index in [1.165, 1.54) is 22.5 Å². The number of hydrogen-bond acceptors (Lipinski definition) is 6. The summed E-state index contributed by atoms with van der Waals surface area (Å²) in [6, 6.07) is 3.82. The molecule has 1 amide bonds. The quantitative estimate of drug-likeness (QED) is 0.681. The fourth-order valence-corrected chi connectivity index (χ4v) is 3.91. The highest BCUT2D eigenvalue weighted by molar-refractivity contribution is 7.89. The second kappa shape index (κ2) is 9.31. The van der Waals surface area contributed by atoms with Gasteiger partial charge in [0.05, 0.1) is 28.7 Å². The first kappa shape index (κ1) is 20.6. The van der Waals surface area contributed by atoms with Gasteiger partial charge in [0.25, 0.3) is 5.91 Å². The molecule has 0 aromatic heterocycles. The number of rotatable bonds is 7. The molecule has 26 heavy (non-hydrogen) atoms. The summed E-state index contributed by atoms with van der Waals surface area (Å²) in [5.74, 6) is -1.30. The van der Waals surface area contributed by atoms with E-state index in [4.69, 9.17) is 21.1 Å². The van der Waals surface area contributed by atoms with Gasteiger partial charge in [0.15, 0.2) is 6.61 Å². The average Bonchev–Trinajstić information content (AvgIpc) is 2.65. The summed E-state index contributed by atoms with van der Waals surface area (Å²) in [5.41, 5.74) is -0.107. The Bertz CT molecular complexity index is 762. The molecule has 1 aliphatic heterocycles. The zero-order valence-corrected chi connectivity index (χ0v) is 15.9. The molecule has 1 heterocycles. The number of sulfonamides is 1. The first-order valence-corrected chi connectivity index (χ1v) is 9.99. The molecule has 144 valence electrons. The summed E-state index contributed by atoms with van der Waals surface area (Å²) in [7, 11) is -3.77. The van der Waals surface area contributed by atoms with Crippen LogP contribution in [0.15, 0.2) is 23.1 Å². The van der Waals surface area contributed by atoms with Crippen LogP contribution in [-0.2, 0) is 24.3 Å². The third-order valence-corrected chi connectivity index (χ3v) is 5.90. The average molecular weight is 405 g/mol. The van der Waals surface area contributed by atoms with E-state index in [1.807, 2.05) is 6.92 Å². The maximum atomic E-state index is 12.7. The molecule has 0 unspecified atom stereocenters. The molecular weight excluding hydrogens is 384 g/mol. The largest absolute Gasteiger partial charge is 0.452 e. The van der Waals surface area contributed by atoms with Crippen molar-refractivity contribution in [2.24, 2.45) is 0 Å². The normalized spacial score (nSPS) is 15.5. The summed E-state index contributed by atoms with van der Waals surface area (Å²) < 4.78 is 36.7. The molecule has 0 spiro atoms. The van der Waals surface area contributed by atoms with Crippen molar-refractivity contribution in [3.8, 4) is 0 Å². The minimum Gasteiger partial charge on any atom is -0.452 e. The van der Waals surface area contributed by atoms with Gasteiger partial charge < -0.3 is 14.8 Å². The third kappa shape index (κ3) is 5.16. The van der Waals surface area contributed by atoms with Gasteiger partial charge in [-0.1, -0.05) is 18.5 Å². The van der Waals surface area contributed by atoms with Crippen molar-refractivity contribution in [2.45, 2.75) is 18.2 Å². The van der Waals surface area contributed by atoms with Crippen LogP contribution in [0.2, 0.25) is 5.02 Å². The Morgan fingerprint density at radius 1 is 1.31 bits per heavy atom. The van der Waals surface area contributed by atoms with Crippen LogP contribution >= 0.6 is 11.6 Å². The van der Waals surface area contributed by atoms with Crippen LogP contribution in [0.3, 0.4) is 0 Å². The Kier molecular flexibility index (Phi) is 7.39. The van der Waals surface area contributed by atoms with E-state index in [-0.39, 0.29) is 28.6 Å². The summed E-state index contributed by atoms with van der Waals surface area (Å²) in [6.07, 6.45) is 0.757. The lowest BCUT2D eigenvalue weighted by Gasteiger charge is -2.26. The third-order valence-electron chi connectivity index (χ3n) is 3.67. The van der Waals surface area contributed by atoms with Gasteiger partial charge >= 0.3 is 5.97 Å². The molecule has 0 atom stereocenters. The summed E-state index contributed by atoms with van der Waals surface area (Å²) in [5, 5.41) is 2.62. The topological polar surface area (TPSA) is 102 Å². The van der Waals surface area contributed by atoms with Gasteiger partial charge in [0.1, 0.15) is 0 Å². The van der Waals surface area contributed by atoms with E-state index in [9.17, 15) is 18.0 Å². The number of esters is 1. The van der Waals surface area contributed by atoms with Crippen molar-refractivity contribution in [1.29, 1.82) is 0 Å². The monoisotopic (exact) mass is 404 g/mol. The Morgan fingerprint density at radius 2 is 2.00 bits per heavy atom. The molecule has 1 aromatic carbocycles. The minimum absolute atomic E-state index is 0.0462. The number of nitrogens with one attached hydrogen (secondary N) is 1. The van der Waals surface area contributed by atoms with E-state index >= 15 is 0 Å². The van der Waals surface area contributed by atoms with Crippen molar-refractivity contribution in [1.82, 2.24) is 9.62 Å². The molecule has 1 N–H and O–H groups in total. The number of morpholine rings is 1. The molecule has 1 aliphatic rings. The maximum Gasteiger partial charge on any atom is 0.340 e. The van der Waals surface area contributed by atoms with Crippen LogP contribution in [-0.4, -0.2) is 64.1 Å². The highest BCUT2D eigenvalue weighted by atomic mass is 35.5. The Labute approximate surface area is 157 Å². The fourth-order valence-electron chi connectivity index (χ4n) is 2.28. The Balaban J connectivity index is 2.13. The summed E-state index contributed by atoms with van der Waals surface area (Å²) in [4.78, 5) is 23.6. The minimum atomic E-state index is -3.77. The molecule has 8 nitrogen and oxygen atoms in total. The van der Waals surface area contributed by atoms with Crippen molar-refractivity contribution < 1.29 is 27.5 Å². The van der Waals surface area contributed by atoms with E-state index in [2.05, 4.69) is 5.32 Å². The van der Waals surface area contributed by atoms with Gasteiger partial charge in [0, 0.05) is 19.6 Å². The lowest BCUT2D eigenvalue weighted by Crippen LogP contribution is -2.40. The van der Waals surface area contributed by atoms with E-state index in [0.29, 0.717) is 19.8 Å². The van der Waals surface area contributed by atoms with Crippen LogP contribution in [0.5, 0.6) is 0 Å². The molecule has 1 fully saturated rings. The van der Waals surface area contributed by atoms with E-state index in [0.717, 1.165) is 6.42 Å². The summed E-state index contributed by atoms with van der Waals surface area (Å²) >= 11 is 6.00. The van der Waals surface area contributed by atoms with Crippen LogP contribution in [0.1, 0.15) is 23.7 Å². The van der Waals surface area contributed by atoms with Crippen LogP contribution in [0.25, 0.3) is 0 Å². The zero-order valence-electron chi connectivity index (χ0n) is 14.4. The first-order valence-electron chi connectivity index (χ1n) is 8.17. The second-order valence-corrected chi connectivity index (χ2v) is 7.93. The highest BCUT2D eigenvalue weighted by Gasteiger charge is 2.28. The number of halogens is 1. The van der Waals surface area contributed by atoms with Crippen molar-refractivity contribution in [3.05, 3.63) is 28.8 Å². The van der Waals surface area contributed by atoms with Gasteiger partial charge in [-0.15, -0.1) is 0 Å². The van der Waals surface area contributed by atoms with Crippen molar-refractivity contribution in [3.63, 3.8) is 0 Å². The molecular formula is C16H21ClN2O6S. The first-order chi connectivity index (χ1) is 12.4. The Morgan fingerprint density at radius 3 is 2.65 bits per heavy atom. The van der Waals surface area contributed by atoms with Crippen LogP contribution in [0, 0.1) is 0 Å². The number of carbonyl (C=O) groups is 2. The predicted octanol–water partition coefficient (Wildman–Crippen LogP) is 1.04. The lowest BCUT2D eigenvalue weighted by molar-refractivity contribution is -0.124. The molecule has 0 radical (unpaired) electrons. The number of carbonyl (C=O) groups excluding carboxylic acids is 2. The van der Waals surface area contributed by atoms with Gasteiger partial charge in [0.2, 0.25) is 10.0 Å². The van der Waals surface area contributed by atoms with Gasteiger partial charge in [-0.25, -0.2) is 13.2 Å². The van der Waals surface area contributed by atoms with Crippen molar-refractivity contribution >= 4 is 33.5 Å². The standard InChI is InChI=1S/C16H21ClN2O6S/c1-2-5-18-15(20)11-25-16(21)13-10-12(3-4-14(13)17)26(22,23)19-6-8-24-9-7-19/h3-4,10H,2,5-9,11H2,1H3,(H,18,20). The predicted molar refractivity (Wildman–Crippen MR) is 94.6 cm³/mol. The van der Waals surface area contributed by atoms with Crippen molar-refractivity contribution in [2.75, 3.05) is 39.5 Å². The highest BCUT2D eigenvalue weighted by Crippen LogP contribution is 2.24. The van der Waals surface area contributed by atoms with Crippen LogP contribution < -0.4 is 5.32 Å². The number of benzene rings is 1. The van der Waals surface area contributed by atoms with E-state index in [1.54, 1.807) is 0 Å². The lowest BCUT2D eigenvalue weighted by atomic mass is 10.2. The fraction of sp³-hybridized carbons (Fsp3) is 0.500. The smallest absolute Gasteiger partial charge is 0.340 e. The molecule has 0 aliphatic carbocycles. The molecule has 0 bridgehead atoms. The molecule has 0 saturated carbocycles. The molecule has 10 heteroatoms. The maximum absolute atomic E-state index is 12.7. The number of hydrogen-bond donors (Lipinski definition) is 1. The zero-order chi connectivity index (χ0) is 19.2. The van der Waals surface area contributed by atoms with Gasteiger partial charge in [-0.05, 0) is 24.6 Å². The van der Waals surface area contributed by atoms with Gasteiger partial charge in [-0.2, -0.15) is 4.31 Å². The number of ether oxygens (including phenoxy) is 2.